The minimum atomic E-state index is -0.428. The summed E-state index contributed by atoms with van der Waals surface area (Å²) < 4.78 is 5.30. The molecular formula is C24H32N2O3. The first kappa shape index (κ1) is 19.0. The van der Waals surface area contributed by atoms with E-state index >= 15 is 0 Å². The zero-order valence-electron chi connectivity index (χ0n) is 17.3. The molecule has 0 aliphatic heterocycles. The van der Waals surface area contributed by atoms with Crippen molar-refractivity contribution in [2.24, 2.45) is 28.9 Å². The predicted octanol–water partition coefficient (Wildman–Crippen LogP) is 3.30. The van der Waals surface area contributed by atoms with Crippen molar-refractivity contribution in [2.75, 3.05) is 7.11 Å². The van der Waals surface area contributed by atoms with Crippen LogP contribution in [0.1, 0.15) is 63.4 Å². The summed E-state index contributed by atoms with van der Waals surface area (Å²) in [7, 11) is 1.66. The average Bonchev–Trinajstić information content (AvgIpc) is 3.21. The molecule has 5 aliphatic carbocycles. The second kappa shape index (κ2) is 6.75. The lowest BCUT2D eigenvalue weighted by molar-refractivity contribution is -0.148. The highest BCUT2D eigenvalue weighted by Gasteiger charge is 2.58. The van der Waals surface area contributed by atoms with Gasteiger partial charge in [0.25, 0.3) is 0 Å². The van der Waals surface area contributed by atoms with E-state index in [0.717, 1.165) is 69.1 Å². The highest BCUT2D eigenvalue weighted by molar-refractivity contribution is 5.89. The van der Waals surface area contributed by atoms with Crippen LogP contribution in [0, 0.1) is 23.2 Å². The van der Waals surface area contributed by atoms with Crippen LogP contribution in [0.3, 0.4) is 0 Å². The second-order valence-corrected chi connectivity index (χ2v) is 10.1. The summed E-state index contributed by atoms with van der Waals surface area (Å²) in [6.45, 7) is 0. The molecule has 0 radical (unpaired) electrons. The van der Waals surface area contributed by atoms with E-state index in [-0.39, 0.29) is 23.3 Å². The Labute approximate surface area is 172 Å². The molecule has 156 valence electrons. The highest BCUT2D eigenvalue weighted by Crippen LogP contribution is 2.60. The van der Waals surface area contributed by atoms with Crippen molar-refractivity contribution in [1.29, 1.82) is 0 Å². The lowest BCUT2D eigenvalue weighted by Gasteiger charge is -2.59. The normalized spacial score (nSPS) is 36.7. The molecule has 2 amide bonds. The van der Waals surface area contributed by atoms with Crippen LogP contribution in [0.5, 0.6) is 5.75 Å². The summed E-state index contributed by atoms with van der Waals surface area (Å²) in [5.41, 5.74) is 6.19. The van der Waals surface area contributed by atoms with Crippen LogP contribution in [0.2, 0.25) is 0 Å². The SMILES string of the molecule is COc1ccc(C2(C(=O)NC3C4CC5CC3CC(C(N)=O)(C5)C4)CCCC2)cc1. The molecule has 2 atom stereocenters. The van der Waals surface area contributed by atoms with E-state index in [1.54, 1.807) is 7.11 Å². The van der Waals surface area contributed by atoms with E-state index in [0.29, 0.717) is 17.8 Å². The van der Waals surface area contributed by atoms with Gasteiger partial charge in [-0.15, -0.1) is 0 Å². The fourth-order valence-corrected chi connectivity index (χ4v) is 7.39. The molecule has 6 rings (SSSR count). The van der Waals surface area contributed by atoms with Crippen molar-refractivity contribution in [3.63, 3.8) is 0 Å². The summed E-state index contributed by atoms with van der Waals surface area (Å²) in [6, 6.07) is 8.23. The predicted molar refractivity (Wildman–Crippen MR) is 110 cm³/mol. The Morgan fingerprint density at radius 3 is 2.21 bits per heavy atom. The second-order valence-electron chi connectivity index (χ2n) is 10.1. The molecule has 3 N–H and O–H groups in total. The van der Waals surface area contributed by atoms with Crippen molar-refractivity contribution in [1.82, 2.24) is 5.32 Å². The fourth-order valence-electron chi connectivity index (χ4n) is 7.39. The van der Waals surface area contributed by atoms with Gasteiger partial charge in [0, 0.05) is 11.5 Å². The van der Waals surface area contributed by atoms with E-state index in [1.165, 1.54) is 0 Å². The number of hydrogen-bond acceptors (Lipinski definition) is 3. The van der Waals surface area contributed by atoms with Crippen molar-refractivity contribution in [3.05, 3.63) is 29.8 Å². The maximum atomic E-state index is 13.7. The van der Waals surface area contributed by atoms with E-state index in [1.807, 2.05) is 12.1 Å². The summed E-state index contributed by atoms with van der Waals surface area (Å²) >= 11 is 0. The average molecular weight is 397 g/mol. The number of rotatable bonds is 5. The van der Waals surface area contributed by atoms with Gasteiger partial charge in [-0.25, -0.2) is 0 Å². The topological polar surface area (TPSA) is 81.4 Å². The van der Waals surface area contributed by atoms with Gasteiger partial charge in [0.1, 0.15) is 5.75 Å². The molecule has 5 aliphatic rings. The lowest BCUT2D eigenvalue weighted by atomic mass is 9.47. The van der Waals surface area contributed by atoms with Gasteiger partial charge < -0.3 is 15.8 Å². The first-order valence-electron chi connectivity index (χ1n) is 11.2. The number of primary amides is 1. The summed E-state index contributed by atoms with van der Waals surface area (Å²) in [6.07, 6.45) is 8.92. The van der Waals surface area contributed by atoms with Crippen LogP contribution in [-0.4, -0.2) is 25.0 Å². The molecule has 0 heterocycles. The van der Waals surface area contributed by atoms with Gasteiger partial charge in [0.2, 0.25) is 11.8 Å². The maximum Gasteiger partial charge on any atom is 0.230 e. The number of carbonyl (C=O) groups is 2. The summed E-state index contributed by atoms with van der Waals surface area (Å²) in [5.74, 6) is 2.28. The summed E-state index contributed by atoms with van der Waals surface area (Å²) in [5, 5.41) is 3.51. The molecule has 2 unspecified atom stereocenters. The fraction of sp³-hybridized carbons (Fsp3) is 0.667. The summed E-state index contributed by atoms with van der Waals surface area (Å²) in [4.78, 5) is 25.9. The van der Waals surface area contributed by atoms with Crippen LogP contribution >= 0.6 is 0 Å². The molecule has 5 nitrogen and oxygen atoms in total. The van der Waals surface area contributed by atoms with Gasteiger partial charge >= 0.3 is 0 Å². The first-order chi connectivity index (χ1) is 14.0. The van der Waals surface area contributed by atoms with Crippen LogP contribution in [0.15, 0.2) is 24.3 Å². The van der Waals surface area contributed by atoms with E-state index < -0.39 is 5.41 Å². The van der Waals surface area contributed by atoms with Gasteiger partial charge in [-0.2, -0.15) is 0 Å². The van der Waals surface area contributed by atoms with E-state index in [9.17, 15) is 9.59 Å². The molecule has 0 spiro atoms. The third-order valence-electron chi connectivity index (χ3n) is 8.63. The number of methoxy groups -OCH3 is 1. The van der Waals surface area contributed by atoms with Crippen molar-refractivity contribution >= 4 is 11.8 Å². The molecule has 5 heteroatoms. The highest BCUT2D eigenvalue weighted by atomic mass is 16.5. The minimum Gasteiger partial charge on any atom is -0.497 e. The first-order valence-corrected chi connectivity index (χ1v) is 11.2. The number of ether oxygens (including phenoxy) is 1. The van der Waals surface area contributed by atoms with Crippen LogP contribution in [0.4, 0.5) is 0 Å². The van der Waals surface area contributed by atoms with Gasteiger partial charge in [-0.05, 0) is 80.4 Å². The number of amides is 2. The van der Waals surface area contributed by atoms with Crippen molar-refractivity contribution < 1.29 is 14.3 Å². The standard InChI is InChI=1S/C24H32N2O3/c1-29-19-6-4-18(5-7-19)24(8-2-3-9-24)22(28)26-20-16-10-15-11-17(20)14-23(12-15,13-16)21(25)27/h4-7,15-17,20H,2-3,8-14H2,1H3,(H2,25,27)(H,26,28). The zero-order chi connectivity index (χ0) is 20.2. The third-order valence-corrected chi connectivity index (χ3v) is 8.63. The number of benzene rings is 1. The number of hydrogen-bond donors (Lipinski definition) is 2. The maximum absolute atomic E-state index is 13.7. The number of nitrogens with one attached hydrogen (secondary N) is 1. The van der Waals surface area contributed by atoms with Crippen molar-refractivity contribution in [3.8, 4) is 5.75 Å². The molecule has 0 aromatic heterocycles. The molecule has 29 heavy (non-hydrogen) atoms. The monoisotopic (exact) mass is 396 g/mol. The molecule has 1 aromatic rings. The lowest BCUT2D eigenvalue weighted by Crippen LogP contribution is -2.63. The van der Waals surface area contributed by atoms with E-state index in [2.05, 4.69) is 17.4 Å². The van der Waals surface area contributed by atoms with E-state index in [4.69, 9.17) is 10.5 Å². The largest absolute Gasteiger partial charge is 0.497 e. The number of carbonyl (C=O) groups excluding carboxylic acids is 2. The minimum absolute atomic E-state index is 0.118. The molecule has 5 fully saturated rings. The number of nitrogens with two attached hydrogens (primary N) is 1. The molecule has 5 saturated carbocycles. The Balaban J connectivity index is 1.38. The van der Waals surface area contributed by atoms with Gasteiger partial charge in [-0.3, -0.25) is 9.59 Å². The molecule has 4 bridgehead atoms. The van der Waals surface area contributed by atoms with Crippen LogP contribution in [0.25, 0.3) is 0 Å². The Morgan fingerprint density at radius 1 is 1.03 bits per heavy atom. The van der Waals surface area contributed by atoms with Gasteiger partial charge in [0.05, 0.1) is 12.5 Å². The Bertz CT molecular complexity index is 796. The Hall–Kier alpha value is -2.04. The third kappa shape index (κ3) is 2.88. The van der Waals surface area contributed by atoms with Crippen molar-refractivity contribution in [2.45, 2.75) is 69.2 Å². The van der Waals surface area contributed by atoms with Crippen LogP contribution < -0.4 is 15.8 Å². The van der Waals surface area contributed by atoms with Gasteiger partial charge in [0.15, 0.2) is 0 Å². The zero-order valence-corrected chi connectivity index (χ0v) is 17.3. The van der Waals surface area contributed by atoms with Crippen LogP contribution in [-0.2, 0) is 15.0 Å². The molecule has 1 aromatic carbocycles. The molecule has 0 saturated heterocycles. The quantitative estimate of drug-likeness (QED) is 0.801. The van der Waals surface area contributed by atoms with Gasteiger partial charge in [-0.1, -0.05) is 25.0 Å². The Morgan fingerprint density at radius 2 is 1.66 bits per heavy atom. The molecular weight excluding hydrogens is 364 g/mol. The Kier molecular flexibility index (Phi) is 4.41. The smallest absolute Gasteiger partial charge is 0.230 e.